The minimum atomic E-state index is 0.119. The van der Waals surface area contributed by atoms with Crippen LogP contribution in [-0.4, -0.2) is 26.2 Å². The molecule has 1 aliphatic carbocycles. The first-order valence-corrected chi connectivity index (χ1v) is 7.75. The summed E-state index contributed by atoms with van der Waals surface area (Å²) in [5, 5.41) is 2.96. The van der Waals surface area contributed by atoms with E-state index in [9.17, 15) is 4.79 Å². The number of benzene rings is 1. The van der Waals surface area contributed by atoms with Gasteiger partial charge in [0.05, 0.1) is 13.7 Å². The highest BCUT2D eigenvalue weighted by molar-refractivity contribution is 5.78. The molecule has 1 fully saturated rings. The topological polar surface area (TPSA) is 47.6 Å². The number of carbonyl (C=O) groups is 1. The molecule has 0 bridgehead atoms. The minimum absolute atomic E-state index is 0.119. The van der Waals surface area contributed by atoms with Crippen LogP contribution >= 0.6 is 0 Å². The Morgan fingerprint density at radius 3 is 2.48 bits per heavy atom. The van der Waals surface area contributed by atoms with E-state index in [2.05, 4.69) is 5.32 Å². The predicted molar refractivity (Wildman–Crippen MR) is 82.6 cm³/mol. The van der Waals surface area contributed by atoms with Crippen LogP contribution in [0.2, 0.25) is 0 Å². The van der Waals surface area contributed by atoms with E-state index in [4.69, 9.17) is 9.47 Å². The van der Waals surface area contributed by atoms with Gasteiger partial charge in [-0.3, -0.25) is 4.79 Å². The van der Waals surface area contributed by atoms with Crippen LogP contribution in [0.15, 0.2) is 24.3 Å². The number of hydrogen-bond donors (Lipinski definition) is 1. The Bertz CT molecular complexity index is 438. The third-order valence-electron chi connectivity index (χ3n) is 4.25. The first-order valence-electron chi connectivity index (χ1n) is 7.75. The van der Waals surface area contributed by atoms with Crippen molar-refractivity contribution < 1.29 is 14.3 Å². The molecule has 1 aromatic carbocycles. The Morgan fingerprint density at radius 1 is 1.24 bits per heavy atom. The first-order chi connectivity index (χ1) is 10.2. The number of carbonyl (C=O) groups excluding carboxylic acids is 1. The van der Waals surface area contributed by atoms with Crippen LogP contribution < -0.4 is 14.8 Å². The smallest absolute Gasteiger partial charge is 0.223 e. The molecule has 1 saturated carbocycles. The van der Waals surface area contributed by atoms with Gasteiger partial charge in [0.15, 0.2) is 0 Å². The molecule has 0 spiro atoms. The average Bonchev–Trinajstić information content (AvgIpc) is 3.05. The number of methoxy groups -OCH3 is 1. The van der Waals surface area contributed by atoms with Crippen LogP contribution in [0.5, 0.6) is 11.5 Å². The van der Waals surface area contributed by atoms with E-state index in [0.29, 0.717) is 19.1 Å². The zero-order valence-corrected chi connectivity index (χ0v) is 12.9. The maximum absolute atomic E-state index is 12.0. The zero-order valence-electron chi connectivity index (χ0n) is 12.9. The molecule has 2 rings (SSSR count). The molecule has 1 aliphatic rings. The molecule has 1 atom stereocenters. The fraction of sp³-hybridized carbons (Fsp3) is 0.588. The number of nitrogens with one attached hydrogen (secondary N) is 1. The van der Waals surface area contributed by atoms with Gasteiger partial charge in [-0.05, 0) is 43.0 Å². The van der Waals surface area contributed by atoms with E-state index >= 15 is 0 Å². The zero-order chi connectivity index (χ0) is 15.1. The second-order valence-electron chi connectivity index (χ2n) is 5.65. The Hall–Kier alpha value is -1.71. The summed E-state index contributed by atoms with van der Waals surface area (Å²) in [4.78, 5) is 12.0. The van der Waals surface area contributed by atoms with Gasteiger partial charge < -0.3 is 14.8 Å². The number of rotatable bonds is 7. The maximum atomic E-state index is 12.0. The largest absolute Gasteiger partial charge is 0.497 e. The maximum Gasteiger partial charge on any atom is 0.223 e. The molecule has 116 valence electrons. The molecule has 0 aromatic heterocycles. The number of hydrogen-bond acceptors (Lipinski definition) is 3. The SMILES string of the molecule is COc1ccc(OCCNC(=O)C(C)C2CCCC2)cc1. The molecule has 1 unspecified atom stereocenters. The van der Waals surface area contributed by atoms with E-state index in [1.54, 1.807) is 7.11 Å². The number of ether oxygens (including phenoxy) is 2. The van der Waals surface area contributed by atoms with Crippen LogP contribution in [0, 0.1) is 11.8 Å². The highest BCUT2D eigenvalue weighted by atomic mass is 16.5. The molecule has 21 heavy (non-hydrogen) atoms. The van der Waals surface area contributed by atoms with Crippen molar-refractivity contribution in [3.8, 4) is 11.5 Å². The third-order valence-corrected chi connectivity index (χ3v) is 4.25. The highest BCUT2D eigenvalue weighted by Crippen LogP contribution is 2.31. The van der Waals surface area contributed by atoms with Crippen molar-refractivity contribution in [3.63, 3.8) is 0 Å². The summed E-state index contributed by atoms with van der Waals surface area (Å²) in [6, 6.07) is 7.44. The van der Waals surface area contributed by atoms with Gasteiger partial charge in [0, 0.05) is 5.92 Å². The molecule has 1 aromatic rings. The molecule has 4 heteroatoms. The van der Waals surface area contributed by atoms with Crippen molar-refractivity contribution >= 4 is 5.91 Å². The molecular weight excluding hydrogens is 266 g/mol. The van der Waals surface area contributed by atoms with Crippen LogP contribution in [0.25, 0.3) is 0 Å². The van der Waals surface area contributed by atoms with Gasteiger partial charge in [-0.1, -0.05) is 19.8 Å². The molecule has 0 heterocycles. The van der Waals surface area contributed by atoms with Gasteiger partial charge in [0.25, 0.3) is 0 Å². The lowest BCUT2D eigenvalue weighted by Gasteiger charge is -2.18. The summed E-state index contributed by atoms with van der Waals surface area (Å²) in [5.41, 5.74) is 0. The molecular formula is C17H25NO3. The Kier molecular flexibility index (Phi) is 5.90. The average molecular weight is 291 g/mol. The third kappa shape index (κ3) is 4.66. The Labute approximate surface area is 126 Å². The summed E-state index contributed by atoms with van der Waals surface area (Å²) < 4.78 is 10.7. The lowest BCUT2D eigenvalue weighted by Crippen LogP contribution is -2.35. The van der Waals surface area contributed by atoms with Gasteiger partial charge in [-0.2, -0.15) is 0 Å². The standard InChI is InChI=1S/C17H25NO3/c1-13(14-5-3-4-6-14)17(19)18-11-12-21-16-9-7-15(20-2)8-10-16/h7-10,13-14H,3-6,11-12H2,1-2H3,(H,18,19). The normalized spacial score (nSPS) is 16.5. The molecule has 4 nitrogen and oxygen atoms in total. The van der Waals surface area contributed by atoms with Gasteiger partial charge in [0.2, 0.25) is 5.91 Å². The van der Waals surface area contributed by atoms with Gasteiger partial charge >= 0.3 is 0 Å². The van der Waals surface area contributed by atoms with Gasteiger partial charge in [0.1, 0.15) is 18.1 Å². The summed E-state index contributed by atoms with van der Waals surface area (Å²) in [6.45, 7) is 3.06. The summed E-state index contributed by atoms with van der Waals surface area (Å²) >= 11 is 0. The predicted octanol–water partition coefficient (Wildman–Crippen LogP) is 3.02. The number of amides is 1. The van der Waals surface area contributed by atoms with Gasteiger partial charge in [-0.25, -0.2) is 0 Å². The fourth-order valence-corrected chi connectivity index (χ4v) is 2.85. The van der Waals surface area contributed by atoms with Crippen molar-refractivity contribution in [2.75, 3.05) is 20.3 Å². The molecule has 1 amide bonds. The highest BCUT2D eigenvalue weighted by Gasteiger charge is 2.26. The molecule has 0 saturated heterocycles. The minimum Gasteiger partial charge on any atom is -0.497 e. The van der Waals surface area contributed by atoms with Crippen molar-refractivity contribution in [1.82, 2.24) is 5.32 Å². The second-order valence-corrected chi connectivity index (χ2v) is 5.65. The van der Waals surface area contributed by atoms with E-state index in [0.717, 1.165) is 11.5 Å². The second kappa shape index (κ2) is 7.91. The lowest BCUT2D eigenvalue weighted by atomic mass is 9.92. The monoisotopic (exact) mass is 291 g/mol. The fourth-order valence-electron chi connectivity index (χ4n) is 2.85. The van der Waals surface area contributed by atoms with Crippen LogP contribution in [-0.2, 0) is 4.79 Å². The molecule has 0 aliphatic heterocycles. The van der Waals surface area contributed by atoms with Crippen molar-refractivity contribution in [1.29, 1.82) is 0 Å². The Morgan fingerprint density at radius 2 is 1.86 bits per heavy atom. The summed E-state index contributed by atoms with van der Waals surface area (Å²) in [5.74, 6) is 2.43. The van der Waals surface area contributed by atoms with E-state index < -0.39 is 0 Å². The van der Waals surface area contributed by atoms with Crippen LogP contribution in [0.4, 0.5) is 0 Å². The lowest BCUT2D eigenvalue weighted by molar-refractivity contribution is -0.126. The molecule has 1 N–H and O–H groups in total. The summed E-state index contributed by atoms with van der Waals surface area (Å²) in [7, 11) is 1.64. The first kappa shape index (κ1) is 15.7. The quantitative estimate of drug-likeness (QED) is 0.786. The van der Waals surface area contributed by atoms with E-state index in [-0.39, 0.29) is 11.8 Å². The van der Waals surface area contributed by atoms with Crippen molar-refractivity contribution in [2.24, 2.45) is 11.8 Å². The van der Waals surface area contributed by atoms with Crippen molar-refractivity contribution in [2.45, 2.75) is 32.6 Å². The molecule has 0 radical (unpaired) electrons. The van der Waals surface area contributed by atoms with Crippen LogP contribution in [0.3, 0.4) is 0 Å². The van der Waals surface area contributed by atoms with E-state index in [1.165, 1.54) is 25.7 Å². The summed E-state index contributed by atoms with van der Waals surface area (Å²) in [6.07, 6.45) is 4.92. The van der Waals surface area contributed by atoms with E-state index in [1.807, 2.05) is 31.2 Å². The van der Waals surface area contributed by atoms with Crippen molar-refractivity contribution in [3.05, 3.63) is 24.3 Å². The van der Waals surface area contributed by atoms with Gasteiger partial charge in [-0.15, -0.1) is 0 Å². The Balaban J connectivity index is 1.65. The van der Waals surface area contributed by atoms with Crippen LogP contribution in [0.1, 0.15) is 32.6 Å².